The Kier molecular flexibility index (Phi) is 4.87. The summed E-state index contributed by atoms with van der Waals surface area (Å²) in [5.74, 6) is -1.20. The largest absolute Gasteiger partial charge is 0.503 e. The molecule has 0 saturated carbocycles. The average Bonchev–Trinajstić information content (AvgIpc) is 3.44. The van der Waals surface area contributed by atoms with Gasteiger partial charge in [0.25, 0.3) is 5.91 Å². The van der Waals surface area contributed by atoms with Crippen molar-refractivity contribution >= 4 is 50.0 Å². The summed E-state index contributed by atoms with van der Waals surface area (Å²) in [6.45, 7) is 3.62. The molecule has 6 nitrogen and oxygen atoms in total. The number of fused-ring (bicyclic) bond motifs is 1. The number of hydrogen-bond donors (Lipinski definition) is 1. The molecule has 32 heavy (non-hydrogen) atoms. The van der Waals surface area contributed by atoms with Gasteiger partial charge in [0.05, 0.1) is 21.8 Å². The van der Waals surface area contributed by atoms with E-state index in [0.717, 1.165) is 10.3 Å². The van der Waals surface area contributed by atoms with Gasteiger partial charge in [-0.15, -0.1) is 0 Å². The van der Waals surface area contributed by atoms with Crippen molar-refractivity contribution in [2.45, 2.75) is 19.9 Å². The van der Waals surface area contributed by atoms with Crippen LogP contribution in [0.5, 0.6) is 0 Å². The van der Waals surface area contributed by atoms with E-state index in [2.05, 4.69) is 4.98 Å². The van der Waals surface area contributed by atoms with Crippen LogP contribution in [-0.2, 0) is 4.79 Å². The standard InChI is InChI=1S/C24H17ClN2O4S/c1-12-5-3-4-6-15(12)20-19(21(28)17-10-7-13(2)31-17)22(29)23(30)27(20)24-26-16-9-8-14(25)11-18(16)32-24/h3-11,20,29H,1-2H3. The minimum absolute atomic E-state index is 0.0315. The summed E-state index contributed by atoms with van der Waals surface area (Å²) in [5.41, 5.74) is 2.23. The lowest BCUT2D eigenvalue weighted by atomic mass is 9.92. The molecule has 1 N–H and O–H groups in total. The number of nitrogens with zero attached hydrogens (tertiary/aromatic N) is 2. The molecule has 4 aromatic rings. The van der Waals surface area contributed by atoms with Gasteiger partial charge in [0, 0.05) is 5.02 Å². The minimum atomic E-state index is -0.849. The Hall–Kier alpha value is -3.42. The lowest BCUT2D eigenvalue weighted by Crippen LogP contribution is -2.31. The number of aliphatic hydroxyl groups is 1. The number of Topliss-reactive ketones (excluding diaryl/α,β-unsaturated/α-hetero) is 1. The summed E-state index contributed by atoms with van der Waals surface area (Å²) in [4.78, 5) is 32.6. The molecule has 160 valence electrons. The van der Waals surface area contributed by atoms with Crippen LogP contribution in [0.2, 0.25) is 5.02 Å². The Morgan fingerprint density at radius 3 is 2.66 bits per heavy atom. The van der Waals surface area contributed by atoms with Crippen LogP contribution in [0, 0.1) is 13.8 Å². The van der Waals surface area contributed by atoms with Gasteiger partial charge in [-0.2, -0.15) is 0 Å². The van der Waals surface area contributed by atoms with Crippen molar-refractivity contribution < 1.29 is 19.1 Å². The molecule has 2 aromatic heterocycles. The number of hydrogen-bond acceptors (Lipinski definition) is 6. The van der Waals surface area contributed by atoms with Gasteiger partial charge in [0.15, 0.2) is 16.7 Å². The van der Waals surface area contributed by atoms with Crippen LogP contribution in [0.3, 0.4) is 0 Å². The third-order valence-corrected chi connectivity index (χ3v) is 6.70. The van der Waals surface area contributed by atoms with Crippen molar-refractivity contribution in [2.24, 2.45) is 0 Å². The highest BCUT2D eigenvalue weighted by Gasteiger charge is 2.46. The number of aryl methyl sites for hydroxylation is 2. The summed E-state index contributed by atoms with van der Waals surface area (Å²) >= 11 is 7.38. The normalized spacial score (nSPS) is 16.4. The van der Waals surface area contributed by atoms with Crippen LogP contribution >= 0.6 is 22.9 Å². The predicted molar refractivity (Wildman–Crippen MR) is 123 cm³/mol. The van der Waals surface area contributed by atoms with Gasteiger partial charge in [0.1, 0.15) is 5.76 Å². The first-order chi connectivity index (χ1) is 15.3. The van der Waals surface area contributed by atoms with Gasteiger partial charge < -0.3 is 9.52 Å². The van der Waals surface area contributed by atoms with E-state index in [9.17, 15) is 14.7 Å². The Morgan fingerprint density at radius 1 is 1.16 bits per heavy atom. The predicted octanol–water partition coefficient (Wildman–Crippen LogP) is 5.94. The molecule has 8 heteroatoms. The van der Waals surface area contributed by atoms with Crippen LogP contribution in [0.25, 0.3) is 10.2 Å². The number of ketones is 1. The van der Waals surface area contributed by atoms with E-state index in [-0.39, 0.29) is 11.3 Å². The number of halogens is 1. The van der Waals surface area contributed by atoms with Gasteiger partial charge >= 0.3 is 0 Å². The van der Waals surface area contributed by atoms with E-state index in [1.54, 1.807) is 37.3 Å². The van der Waals surface area contributed by atoms with Crippen molar-refractivity contribution in [1.82, 2.24) is 4.98 Å². The number of furan rings is 1. The third kappa shape index (κ3) is 3.21. The SMILES string of the molecule is Cc1ccc(C(=O)C2=C(O)C(=O)N(c3nc4ccc(Cl)cc4s3)C2c2ccccc2C)o1. The van der Waals surface area contributed by atoms with Gasteiger partial charge in [0.2, 0.25) is 5.78 Å². The van der Waals surface area contributed by atoms with Crippen molar-refractivity contribution in [1.29, 1.82) is 0 Å². The second-order valence-corrected chi connectivity index (χ2v) is 8.99. The summed E-state index contributed by atoms with van der Waals surface area (Å²) in [7, 11) is 0. The first-order valence-corrected chi connectivity index (χ1v) is 11.0. The molecular formula is C24H17ClN2O4S. The highest BCUT2D eigenvalue weighted by atomic mass is 35.5. The van der Waals surface area contributed by atoms with Crippen molar-refractivity contribution in [3.05, 3.63) is 93.6 Å². The smallest absolute Gasteiger partial charge is 0.296 e. The fraction of sp³-hybridized carbons (Fsp3) is 0.125. The molecule has 0 aliphatic carbocycles. The maximum absolute atomic E-state index is 13.4. The molecule has 5 rings (SSSR count). The Bertz CT molecular complexity index is 1430. The quantitative estimate of drug-likeness (QED) is 0.378. The number of benzene rings is 2. The first-order valence-electron chi connectivity index (χ1n) is 9.84. The third-order valence-electron chi connectivity index (χ3n) is 5.45. The highest BCUT2D eigenvalue weighted by molar-refractivity contribution is 7.22. The monoisotopic (exact) mass is 464 g/mol. The Morgan fingerprint density at radius 2 is 1.94 bits per heavy atom. The van der Waals surface area contributed by atoms with Gasteiger partial charge in [-0.05, 0) is 55.3 Å². The molecule has 0 saturated heterocycles. The lowest BCUT2D eigenvalue weighted by molar-refractivity contribution is -0.117. The number of thiazole rings is 1. The van der Waals surface area contributed by atoms with E-state index < -0.39 is 23.5 Å². The van der Waals surface area contributed by atoms with Gasteiger partial charge in [-0.3, -0.25) is 14.5 Å². The zero-order valence-electron chi connectivity index (χ0n) is 17.1. The number of carbonyl (C=O) groups excluding carboxylic acids is 2. The van der Waals surface area contributed by atoms with Crippen LogP contribution in [0.15, 0.2) is 70.3 Å². The first kappa shape index (κ1) is 20.5. The maximum Gasteiger partial charge on any atom is 0.296 e. The number of carbonyl (C=O) groups is 2. The Balaban J connectivity index is 1.70. The number of amides is 1. The molecule has 1 amide bonds. The topological polar surface area (TPSA) is 83.6 Å². The fourth-order valence-electron chi connectivity index (χ4n) is 3.90. The zero-order chi connectivity index (χ0) is 22.6. The fourth-order valence-corrected chi connectivity index (χ4v) is 5.17. The number of rotatable bonds is 4. The minimum Gasteiger partial charge on any atom is -0.503 e. The molecule has 0 fully saturated rings. The van der Waals surface area contributed by atoms with Crippen molar-refractivity contribution in [2.75, 3.05) is 4.90 Å². The summed E-state index contributed by atoms with van der Waals surface area (Å²) < 4.78 is 6.30. The van der Waals surface area contributed by atoms with Crippen LogP contribution < -0.4 is 4.90 Å². The summed E-state index contributed by atoms with van der Waals surface area (Å²) in [6, 6.07) is 15.1. The maximum atomic E-state index is 13.4. The summed E-state index contributed by atoms with van der Waals surface area (Å²) in [6.07, 6.45) is 0. The zero-order valence-corrected chi connectivity index (χ0v) is 18.7. The summed E-state index contributed by atoms with van der Waals surface area (Å²) in [5, 5.41) is 11.8. The highest BCUT2D eigenvalue weighted by Crippen LogP contribution is 2.45. The molecule has 1 atom stereocenters. The van der Waals surface area contributed by atoms with E-state index in [1.165, 1.54) is 16.2 Å². The molecular weight excluding hydrogens is 448 g/mol. The van der Waals surface area contributed by atoms with E-state index in [0.29, 0.717) is 27.0 Å². The molecule has 0 bridgehead atoms. The molecule has 3 heterocycles. The number of aliphatic hydroxyl groups excluding tert-OH is 1. The Labute approximate surface area is 192 Å². The van der Waals surface area contributed by atoms with E-state index in [4.69, 9.17) is 16.0 Å². The molecule has 1 aliphatic heterocycles. The molecule has 0 spiro atoms. The molecule has 1 aliphatic rings. The van der Waals surface area contributed by atoms with E-state index in [1.807, 2.05) is 31.2 Å². The van der Waals surface area contributed by atoms with Crippen molar-refractivity contribution in [3.63, 3.8) is 0 Å². The van der Waals surface area contributed by atoms with E-state index >= 15 is 0 Å². The average molecular weight is 465 g/mol. The molecule has 0 radical (unpaired) electrons. The van der Waals surface area contributed by atoms with Gasteiger partial charge in [-0.1, -0.05) is 47.2 Å². The second kappa shape index (κ2) is 7.62. The lowest BCUT2D eigenvalue weighted by Gasteiger charge is -2.25. The van der Waals surface area contributed by atoms with Crippen LogP contribution in [-0.4, -0.2) is 21.8 Å². The van der Waals surface area contributed by atoms with Crippen LogP contribution in [0.4, 0.5) is 5.13 Å². The number of anilines is 1. The second-order valence-electron chi connectivity index (χ2n) is 7.54. The molecule has 1 unspecified atom stereocenters. The van der Waals surface area contributed by atoms with Crippen molar-refractivity contribution in [3.8, 4) is 0 Å². The number of aromatic nitrogens is 1. The van der Waals surface area contributed by atoms with Gasteiger partial charge in [-0.25, -0.2) is 4.98 Å². The molecule has 2 aromatic carbocycles. The van der Waals surface area contributed by atoms with Crippen LogP contribution in [0.1, 0.15) is 33.5 Å².